The normalized spacial score (nSPS) is 12.0. The quantitative estimate of drug-likeness (QED) is 0.483. The number of sulfone groups is 1. The summed E-state index contributed by atoms with van der Waals surface area (Å²) in [5.74, 6) is -3.05. The second-order valence-corrected chi connectivity index (χ2v) is 9.40. The van der Waals surface area contributed by atoms with Gasteiger partial charge in [0.05, 0.1) is 10.6 Å². The lowest BCUT2D eigenvalue weighted by Crippen LogP contribution is -2.29. The molecule has 3 aromatic carbocycles. The molecule has 0 fully saturated rings. The number of carboxylic acids is 1. The number of carboxylic acid groups (broad SMARTS) is 1. The summed E-state index contributed by atoms with van der Waals surface area (Å²) in [6.45, 7) is -0.284. The van der Waals surface area contributed by atoms with Crippen molar-refractivity contribution in [2.75, 3.05) is 17.7 Å². The Hall–Kier alpha value is -3.36. The smallest absolute Gasteiger partial charge is 0.311 e. The molecule has 3 aromatic rings. The zero-order valence-corrected chi connectivity index (χ0v) is 18.3. The summed E-state index contributed by atoms with van der Waals surface area (Å²) in [6.07, 6.45) is 0. The predicted molar refractivity (Wildman–Crippen MR) is 121 cm³/mol. The summed E-state index contributed by atoms with van der Waals surface area (Å²) >= 11 is 5.81. The van der Waals surface area contributed by atoms with Crippen molar-refractivity contribution in [3.05, 3.63) is 89.4 Å². The molecule has 0 saturated carbocycles. The van der Waals surface area contributed by atoms with E-state index in [9.17, 15) is 23.1 Å². The largest absolute Gasteiger partial charge is 0.493 e. The predicted octanol–water partition coefficient (Wildman–Crippen LogP) is 4.15. The summed E-state index contributed by atoms with van der Waals surface area (Å²) in [4.78, 5) is 23.8. The van der Waals surface area contributed by atoms with Crippen molar-refractivity contribution >= 4 is 39.0 Å². The summed E-state index contributed by atoms with van der Waals surface area (Å²) in [7, 11) is -3.90. The third-order valence-corrected chi connectivity index (χ3v) is 6.63. The van der Waals surface area contributed by atoms with E-state index < -0.39 is 27.5 Å². The second kappa shape index (κ2) is 10.3. The van der Waals surface area contributed by atoms with Crippen LogP contribution in [-0.4, -0.2) is 37.8 Å². The molecule has 2 N–H and O–H groups in total. The highest BCUT2D eigenvalue weighted by Crippen LogP contribution is 2.20. The van der Waals surface area contributed by atoms with Gasteiger partial charge < -0.3 is 15.2 Å². The molecule has 0 radical (unpaired) electrons. The first-order chi connectivity index (χ1) is 15.2. The molecule has 0 heterocycles. The lowest BCUT2D eigenvalue weighted by Gasteiger charge is -2.14. The van der Waals surface area contributed by atoms with Crippen LogP contribution in [0.15, 0.2) is 83.8 Å². The molecule has 0 spiro atoms. The Morgan fingerprint density at radius 2 is 1.56 bits per heavy atom. The van der Waals surface area contributed by atoms with Gasteiger partial charge in [-0.1, -0.05) is 29.8 Å². The van der Waals surface area contributed by atoms with E-state index in [1.54, 1.807) is 54.6 Å². The van der Waals surface area contributed by atoms with Crippen LogP contribution in [0.1, 0.15) is 10.4 Å². The SMILES string of the molecule is O=C(Nc1ccc(S(=O)(=O)CC(COc2ccccc2)C(=O)O)cc1)c1ccc(Cl)cc1. The van der Waals surface area contributed by atoms with Gasteiger partial charge in [0.2, 0.25) is 0 Å². The van der Waals surface area contributed by atoms with Crippen LogP contribution in [0.2, 0.25) is 5.02 Å². The number of aliphatic carboxylic acids is 1. The highest BCUT2D eigenvalue weighted by atomic mass is 35.5. The lowest BCUT2D eigenvalue weighted by atomic mass is 10.2. The number of para-hydroxylation sites is 1. The summed E-state index contributed by atoms with van der Waals surface area (Å²) in [6, 6.07) is 20.4. The highest BCUT2D eigenvalue weighted by Gasteiger charge is 2.27. The van der Waals surface area contributed by atoms with Gasteiger partial charge in [-0.05, 0) is 60.7 Å². The van der Waals surface area contributed by atoms with E-state index in [-0.39, 0.29) is 17.4 Å². The molecule has 0 saturated heterocycles. The van der Waals surface area contributed by atoms with Gasteiger partial charge in [0, 0.05) is 16.3 Å². The molecule has 7 nitrogen and oxygen atoms in total. The molecule has 0 aromatic heterocycles. The topological polar surface area (TPSA) is 110 Å². The molecular formula is C23H20ClNO6S. The van der Waals surface area contributed by atoms with Gasteiger partial charge in [-0.3, -0.25) is 9.59 Å². The van der Waals surface area contributed by atoms with E-state index in [4.69, 9.17) is 16.3 Å². The van der Waals surface area contributed by atoms with Crippen LogP contribution < -0.4 is 10.1 Å². The van der Waals surface area contributed by atoms with Gasteiger partial charge in [0.15, 0.2) is 9.84 Å². The minimum atomic E-state index is -3.90. The van der Waals surface area contributed by atoms with Gasteiger partial charge in [0.1, 0.15) is 18.3 Å². The number of benzene rings is 3. The number of halogens is 1. The van der Waals surface area contributed by atoms with Crippen molar-refractivity contribution in [3.63, 3.8) is 0 Å². The first-order valence-electron chi connectivity index (χ1n) is 9.55. The number of hydrogen-bond donors (Lipinski definition) is 2. The van der Waals surface area contributed by atoms with Crippen LogP contribution in [0, 0.1) is 5.92 Å². The maximum absolute atomic E-state index is 12.7. The van der Waals surface area contributed by atoms with Crippen LogP contribution in [0.25, 0.3) is 0 Å². The fourth-order valence-corrected chi connectivity index (χ4v) is 4.45. The Bertz CT molecular complexity index is 1180. The molecule has 32 heavy (non-hydrogen) atoms. The lowest BCUT2D eigenvalue weighted by molar-refractivity contribution is -0.141. The van der Waals surface area contributed by atoms with Crippen LogP contribution in [0.3, 0.4) is 0 Å². The van der Waals surface area contributed by atoms with E-state index in [0.29, 0.717) is 22.0 Å². The van der Waals surface area contributed by atoms with Gasteiger partial charge in [0.25, 0.3) is 5.91 Å². The van der Waals surface area contributed by atoms with Crippen LogP contribution in [0.5, 0.6) is 5.75 Å². The third-order valence-electron chi connectivity index (χ3n) is 4.54. The van der Waals surface area contributed by atoms with Gasteiger partial charge in [-0.25, -0.2) is 8.42 Å². The fraction of sp³-hybridized carbons (Fsp3) is 0.130. The molecule has 3 rings (SSSR count). The van der Waals surface area contributed by atoms with Crippen molar-refractivity contribution in [1.82, 2.24) is 0 Å². The zero-order valence-electron chi connectivity index (χ0n) is 16.8. The van der Waals surface area contributed by atoms with Crippen LogP contribution >= 0.6 is 11.6 Å². The number of carbonyl (C=O) groups excluding carboxylic acids is 1. The van der Waals surface area contributed by atoms with E-state index in [0.717, 1.165) is 0 Å². The van der Waals surface area contributed by atoms with Crippen molar-refractivity contribution in [2.45, 2.75) is 4.90 Å². The maximum atomic E-state index is 12.7. The number of carbonyl (C=O) groups is 2. The molecule has 9 heteroatoms. The van der Waals surface area contributed by atoms with Crippen molar-refractivity contribution in [2.24, 2.45) is 5.92 Å². The first-order valence-corrected chi connectivity index (χ1v) is 11.6. The number of amides is 1. The summed E-state index contributed by atoms with van der Waals surface area (Å²) in [5, 5.41) is 12.6. The van der Waals surface area contributed by atoms with Crippen molar-refractivity contribution in [3.8, 4) is 5.75 Å². The molecule has 1 amide bonds. The standard InChI is InChI=1S/C23H20ClNO6S/c24-18-8-6-16(7-9-18)22(26)25-19-10-12-21(13-11-19)32(29,30)15-17(23(27)28)14-31-20-4-2-1-3-5-20/h1-13,17H,14-15H2,(H,25,26)(H,27,28). The average molecular weight is 474 g/mol. The Morgan fingerprint density at radius 1 is 0.938 bits per heavy atom. The Morgan fingerprint density at radius 3 is 2.16 bits per heavy atom. The van der Waals surface area contributed by atoms with E-state index >= 15 is 0 Å². The van der Waals surface area contributed by atoms with E-state index in [1.807, 2.05) is 0 Å². The van der Waals surface area contributed by atoms with E-state index in [1.165, 1.54) is 24.3 Å². The average Bonchev–Trinajstić information content (AvgIpc) is 2.78. The highest BCUT2D eigenvalue weighted by molar-refractivity contribution is 7.91. The molecule has 0 aliphatic heterocycles. The monoisotopic (exact) mass is 473 g/mol. The van der Waals surface area contributed by atoms with E-state index in [2.05, 4.69) is 5.32 Å². The summed E-state index contributed by atoms with van der Waals surface area (Å²) < 4.78 is 30.9. The Balaban J connectivity index is 1.65. The number of ether oxygens (including phenoxy) is 1. The van der Waals surface area contributed by atoms with Crippen molar-refractivity contribution < 1.29 is 27.9 Å². The molecule has 1 atom stereocenters. The van der Waals surface area contributed by atoms with Gasteiger partial charge in [-0.2, -0.15) is 0 Å². The molecule has 0 aliphatic rings. The first kappa shape index (κ1) is 23.3. The second-order valence-electron chi connectivity index (χ2n) is 6.93. The van der Waals surface area contributed by atoms with Gasteiger partial charge >= 0.3 is 5.97 Å². The maximum Gasteiger partial charge on any atom is 0.311 e. The minimum absolute atomic E-state index is 0.0482. The fourth-order valence-electron chi connectivity index (χ4n) is 2.82. The third kappa shape index (κ3) is 6.32. The molecule has 0 aliphatic carbocycles. The number of nitrogens with one attached hydrogen (secondary N) is 1. The molecule has 1 unspecified atom stereocenters. The number of anilines is 1. The summed E-state index contributed by atoms with van der Waals surface area (Å²) in [5.41, 5.74) is 0.792. The zero-order chi connectivity index (χ0) is 23.1. The Labute approximate surface area is 190 Å². The van der Waals surface area contributed by atoms with Crippen LogP contribution in [0.4, 0.5) is 5.69 Å². The van der Waals surface area contributed by atoms with Crippen LogP contribution in [-0.2, 0) is 14.6 Å². The Kier molecular flexibility index (Phi) is 7.50. The number of rotatable bonds is 9. The van der Waals surface area contributed by atoms with Crippen molar-refractivity contribution in [1.29, 1.82) is 0 Å². The number of hydrogen-bond acceptors (Lipinski definition) is 5. The minimum Gasteiger partial charge on any atom is -0.493 e. The molecular weight excluding hydrogens is 454 g/mol. The molecule has 166 valence electrons. The van der Waals surface area contributed by atoms with Gasteiger partial charge in [-0.15, -0.1) is 0 Å². The molecule has 0 bridgehead atoms.